The molecule has 1 atom stereocenters. The van der Waals surface area contributed by atoms with Gasteiger partial charge in [-0.25, -0.2) is 0 Å². The molecule has 1 aliphatic heterocycles. The van der Waals surface area contributed by atoms with Crippen LogP contribution in [0.1, 0.15) is 34.5 Å². The number of piperidine rings is 1. The van der Waals surface area contributed by atoms with Crippen LogP contribution in [0.3, 0.4) is 0 Å². The lowest BCUT2D eigenvalue weighted by Gasteiger charge is -2.31. The third kappa shape index (κ3) is 4.09. The zero-order valence-corrected chi connectivity index (χ0v) is 14.3. The molecule has 2 heterocycles. The summed E-state index contributed by atoms with van der Waals surface area (Å²) < 4.78 is 5.20. The fourth-order valence-corrected chi connectivity index (χ4v) is 3.26. The molecule has 6 nitrogen and oxygen atoms in total. The van der Waals surface area contributed by atoms with Crippen molar-refractivity contribution in [1.29, 1.82) is 0 Å². The predicted octanol–water partition coefficient (Wildman–Crippen LogP) is 2.54. The number of anilines is 1. The molecule has 0 bridgehead atoms. The van der Waals surface area contributed by atoms with Crippen LogP contribution < -0.4 is 11.1 Å². The summed E-state index contributed by atoms with van der Waals surface area (Å²) in [5.74, 6) is 0.0773. The average molecular weight is 341 g/mol. The normalized spacial score (nSPS) is 18.0. The molecule has 132 valence electrons. The Bertz CT molecular complexity index is 769. The minimum Gasteiger partial charge on any atom is -0.469 e. The van der Waals surface area contributed by atoms with Gasteiger partial charge in [0.25, 0.3) is 5.91 Å². The maximum atomic E-state index is 12.4. The Morgan fingerprint density at radius 1 is 1.32 bits per heavy atom. The monoisotopic (exact) mass is 341 g/mol. The van der Waals surface area contributed by atoms with Gasteiger partial charge in [-0.15, -0.1) is 0 Å². The number of para-hydroxylation sites is 1. The van der Waals surface area contributed by atoms with E-state index in [2.05, 4.69) is 10.2 Å². The number of amides is 2. The Balaban J connectivity index is 1.72. The minimum absolute atomic E-state index is 0.0934. The van der Waals surface area contributed by atoms with E-state index in [1.807, 2.05) is 24.3 Å². The van der Waals surface area contributed by atoms with Gasteiger partial charge < -0.3 is 15.5 Å². The van der Waals surface area contributed by atoms with Gasteiger partial charge in [0, 0.05) is 18.8 Å². The van der Waals surface area contributed by atoms with Gasteiger partial charge in [0.05, 0.1) is 17.7 Å². The number of hydrogen-bond donors (Lipinski definition) is 2. The topological polar surface area (TPSA) is 88.6 Å². The van der Waals surface area contributed by atoms with Gasteiger partial charge in [-0.1, -0.05) is 18.2 Å². The van der Waals surface area contributed by atoms with Crippen molar-refractivity contribution >= 4 is 17.5 Å². The number of likely N-dealkylation sites (tertiary alicyclic amines) is 1. The van der Waals surface area contributed by atoms with Crippen LogP contribution in [0.5, 0.6) is 0 Å². The number of nitrogens with zero attached hydrogens (tertiary/aromatic N) is 1. The highest BCUT2D eigenvalue weighted by Gasteiger charge is 2.24. The summed E-state index contributed by atoms with van der Waals surface area (Å²) in [5.41, 5.74) is 7.77. The fourth-order valence-electron chi connectivity index (χ4n) is 3.26. The van der Waals surface area contributed by atoms with Crippen LogP contribution >= 0.6 is 0 Å². The van der Waals surface area contributed by atoms with Gasteiger partial charge in [0.15, 0.2) is 0 Å². The lowest BCUT2D eigenvalue weighted by molar-refractivity contribution is -0.123. The van der Waals surface area contributed by atoms with Crippen LogP contribution in [0.4, 0.5) is 5.69 Å². The largest absolute Gasteiger partial charge is 0.469 e. The summed E-state index contributed by atoms with van der Waals surface area (Å²) in [6, 6.07) is 9.38. The first-order chi connectivity index (χ1) is 12.0. The van der Waals surface area contributed by atoms with Crippen molar-refractivity contribution in [3.05, 3.63) is 53.5 Å². The first-order valence-electron chi connectivity index (χ1n) is 8.49. The highest BCUT2D eigenvalue weighted by Crippen LogP contribution is 2.23. The molecule has 6 heteroatoms. The third-order valence-corrected chi connectivity index (χ3v) is 4.67. The van der Waals surface area contributed by atoms with Crippen molar-refractivity contribution < 1.29 is 14.0 Å². The molecule has 0 radical (unpaired) electrons. The van der Waals surface area contributed by atoms with E-state index in [0.29, 0.717) is 24.4 Å². The van der Waals surface area contributed by atoms with E-state index in [1.165, 1.54) is 6.26 Å². The number of aryl methyl sites for hydroxylation is 1. The minimum atomic E-state index is -0.235. The summed E-state index contributed by atoms with van der Waals surface area (Å²) >= 11 is 0. The predicted molar refractivity (Wildman–Crippen MR) is 95.0 cm³/mol. The maximum absolute atomic E-state index is 12.4. The molecule has 1 aliphatic rings. The van der Waals surface area contributed by atoms with Gasteiger partial charge in [0.2, 0.25) is 5.91 Å². The Labute approximate surface area is 147 Å². The van der Waals surface area contributed by atoms with Crippen molar-refractivity contribution in [3.63, 3.8) is 0 Å². The molecule has 3 rings (SSSR count). The molecule has 1 saturated heterocycles. The SMILES string of the molecule is Cc1occc1C(=O)Nc1ccccc1CN1CCC[C@H](C(N)=O)C1. The van der Waals surface area contributed by atoms with Gasteiger partial charge in [-0.3, -0.25) is 14.5 Å². The zero-order valence-electron chi connectivity index (χ0n) is 14.3. The standard InChI is InChI=1S/C19H23N3O3/c1-13-16(8-10-25-13)19(24)21-17-7-3-2-5-14(17)11-22-9-4-6-15(12-22)18(20)23/h2-3,5,7-8,10,15H,4,6,9,11-12H2,1H3,(H2,20,23)(H,21,24)/t15-/m0/s1. The number of rotatable bonds is 5. The second-order valence-electron chi connectivity index (χ2n) is 6.48. The van der Waals surface area contributed by atoms with E-state index in [9.17, 15) is 9.59 Å². The number of carbonyl (C=O) groups is 2. The third-order valence-electron chi connectivity index (χ3n) is 4.67. The number of primary amides is 1. The van der Waals surface area contributed by atoms with Crippen LogP contribution in [-0.2, 0) is 11.3 Å². The van der Waals surface area contributed by atoms with Crippen LogP contribution in [-0.4, -0.2) is 29.8 Å². The number of hydrogen-bond acceptors (Lipinski definition) is 4. The van der Waals surface area contributed by atoms with Crippen LogP contribution in [0.15, 0.2) is 41.0 Å². The highest BCUT2D eigenvalue weighted by atomic mass is 16.3. The van der Waals surface area contributed by atoms with E-state index in [4.69, 9.17) is 10.2 Å². The van der Waals surface area contributed by atoms with E-state index >= 15 is 0 Å². The Kier molecular flexibility index (Phi) is 5.19. The van der Waals surface area contributed by atoms with E-state index < -0.39 is 0 Å². The van der Waals surface area contributed by atoms with Crippen LogP contribution in [0.2, 0.25) is 0 Å². The van der Waals surface area contributed by atoms with Crippen molar-refractivity contribution in [2.24, 2.45) is 11.7 Å². The van der Waals surface area contributed by atoms with Gasteiger partial charge in [0.1, 0.15) is 5.76 Å². The molecule has 1 aromatic carbocycles. The Hall–Kier alpha value is -2.60. The van der Waals surface area contributed by atoms with Crippen LogP contribution in [0.25, 0.3) is 0 Å². The van der Waals surface area contributed by atoms with Crippen LogP contribution in [0, 0.1) is 12.8 Å². The molecule has 0 unspecified atom stereocenters. The molecular formula is C19H23N3O3. The van der Waals surface area contributed by atoms with Crippen molar-refractivity contribution in [1.82, 2.24) is 4.90 Å². The zero-order chi connectivity index (χ0) is 17.8. The average Bonchev–Trinajstić information content (AvgIpc) is 3.03. The molecule has 0 aliphatic carbocycles. The molecule has 0 saturated carbocycles. The second-order valence-corrected chi connectivity index (χ2v) is 6.48. The smallest absolute Gasteiger partial charge is 0.259 e. The van der Waals surface area contributed by atoms with Gasteiger partial charge >= 0.3 is 0 Å². The van der Waals surface area contributed by atoms with Crippen molar-refractivity contribution in [2.75, 3.05) is 18.4 Å². The molecule has 2 aromatic rings. The van der Waals surface area contributed by atoms with Crippen molar-refractivity contribution in [2.45, 2.75) is 26.3 Å². The molecule has 0 spiro atoms. The summed E-state index contributed by atoms with van der Waals surface area (Å²) in [4.78, 5) is 26.1. The van der Waals surface area contributed by atoms with E-state index in [-0.39, 0.29) is 17.7 Å². The maximum Gasteiger partial charge on any atom is 0.259 e. The summed E-state index contributed by atoms with van der Waals surface area (Å²) in [7, 11) is 0. The molecular weight excluding hydrogens is 318 g/mol. The summed E-state index contributed by atoms with van der Waals surface area (Å²) in [6.45, 7) is 4.02. The lowest BCUT2D eigenvalue weighted by Crippen LogP contribution is -2.40. The van der Waals surface area contributed by atoms with E-state index in [1.54, 1.807) is 13.0 Å². The number of carbonyl (C=O) groups excluding carboxylic acids is 2. The lowest BCUT2D eigenvalue weighted by atomic mass is 9.97. The second kappa shape index (κ2) is 7.53. The highest BCUT2D eigenvalue weighted by molar-refractivity contribution is 6.05. The van der Waals surface area contributed by atoms with Crippen molar-refractivity contribution in [3.8, 4) is 0 Å². The molecule has 3 N–H and O–H groups in total. The first-order valence-corrected chi connectivity index (χ1v) is 8.49. The Morgan fingerprint density at radius 2 is 2.12 bits per heavy atom. The molecule has 1 fully saturated rings. The number of nitrogens with one attached hydrogen (secondary N) is 1. The number of benzene rings is 1. The fraction of sp³-hybridized carbons (Fsp3) is 0.368. The van der Waals surface area contributed by atoms with E-state index in [0.717, 1.165) is 30.6 Å². The number of furan rings is 1. The molecule has 2 amide bonds. The van der Waals surface area contributed by atoms with Gasteiger partial charge in [-0.2, -0.15) is 0 Å². The molecule has 25 heavy (non-hydrogen) atoms. The summed E-state index contributed by atoms with van der Waals surface area (Å²) in [6.07, 6.45) is 3.31. The number of nitrogens with two attached hydrogens (primary N) is 1. The quantitative estimate of drug-likeness (QED) is 0.875. The van der Waals surface area contributed by atoms with Gasteiger partial charge in [-0.05, 0) is 44.0 Å². The Morgan fingerprint density at radius 3 is 2.84 bits per heavy atom. The molecule has 1 aromatic heterocycles. The summed E-state index contributed by atoms with van der Waals surface area (Å²) in [5, 5.41) is 2.96. The first kappa shape index (κ1) is 17.2.